The van der Waals surface area contributed by atoms with E-state index in [1.165, 1.54) is 0 Å². The predicted octanol–water partition coefficient (Wildman–Crippen LogP) is 6.28. The van der Waals surface area contributed by atoms with E-state index in [-0.39, 0.29) is 5.41 Å². The van der Waals surface area contributed by atoms with Crippen molar-refractivity contribution in [3.63, 3.8) is 0 Å². The zero-order valence-electron chi connectivity index (χ0n) is 16.9. The van der Waals surface area contributed by atoms with E-state index in [4.69, 9.17) is 9.47 Å². The van der Waals surface area contributed by atoms with Crippen molar-refractivity contribution >= 4 is 16.9 Å². The van der Waals surface area contributed by atoms with E-state index in [0.717, 1.165) is 52.3 Å². The molecule has 3 aromatic rings. The Kier molecular flexibility index (Phi) is 3.89. The fourth-order valence-corrected chi connectivity index (χ4v) is 5.36. The zero-order chi connectivity index (χ0) is 20.3. The maximum absolute atomic E-state index is 12.8. The van der Waals surface area contributed by atoms with E-state index in [0.29, 0.717) is 23.2 Å². The molecule has 2 atom stereocenters. The molecule has 4 heteroatoms. The van der Waals surface area contributed by atoms with Gasteiger partial charge in [-0.2, -0.15) is 0 Å². The molecule has 0 radical (unpaired) electrons. The molecule has 2 aliphatic rings. The average Bonchev–Trinajstić information content (AvgIpc) is 3.21. The fourth-order valence-electron chi connectivity index (χ4n) is 5.36. The third-order valence-corrected chi connectivity index (χ3v) is 6.73. The summed E-state index contributed by atoms with van der Waals surface area (Å²) in [6.45, 7) is 6.07. The van der Waals surface area contributed by atoms with Crippen LogP contribution in [-0.4, -0.2) is 11.3 Å². The highest BCUT2D eigenvalue weighted by Gasteiger charge is 2.50. The van der Waals surface area contributed by atoms with Gasteiger partial charge in [-0.25, -0.2) is 4.79 Å². The Balaban J connectivity index is 1.66. The van der Waals surface area contributed by atoms with E-state index in [1.807, 2.05) is 50.2 Å². The van der Waals surface area contributed by atoms with Crippen LogP contribution in [0, 0.1) is 13.8 Å². The Morgan fingerprint density at radius 2 is 1.83 bits per heavy atom. The van der Waals surface area contributed by atoms with E-state index in [2.05, 4.69) is 6.92 Å². The number of phenols is 1. The maximum atomic E-state index is 12.8. The second-order valence-electron chi connectivity index (χ2n) is 8.68. The summed E-state index contributed by atoms with van der Waals surface area (Å²) in [4.78, 5) is 12.8. The molecule has 1 N–H and O–H groups in total. The third-order valence-electron chi connectivity index (χ3n) is 6.73. The number of aromatic hydroxyl groups is 1. The molecule has 0 heterocycles. The van der Waals surface area contributed by atoms with Crippen molar-refractivity contribution in [1.82, 2.24) is 0 Å². The Morgan fingerprint density at radius 1 is 1.07 bits per heavy atom. The first kappa shape index (κ1) is 18.0. The van der Waals surface area contributed by atoms with Gasteiger partial charge < -0.3 is 14.6 Å². The normalized spacial score (nSPS) is 22.0. The van der Waals surface area contributed by atoms with Gasteiger partial charge in [-0.05, 0) is 61.6 Å². The summed E-state index contributed by atoms with van der Waals surface area (Å²) in [7, 11) is 0. The minimum absolute atomic E-state index is 0.0694. The van der Waals surface area contributed by atoms with Crippen LogP contribution in [0.25, 0.3) is 10.8 Å². The molecule has 0 amide bonds. The zero-order valence-corrected chi connectivity index (χ0v) is 16.9. The Morgan fingerprint density at radius 3 is 2.62 bits per heavy atom. The van der Waals surface area contributed by atoms with Crippen molar-refractivity contribution in [2.45, 2.75) is 51.4 Å². The van der Waals surface area contributed by atoms with Gasteiger partial charge in [0, 0.05) is 21.9 Å². The Labute approximate surface area is 170 Å². The van der Waals surface area contributed by atoms with Crippen molar-refractivity contribution in [1.29, 1.82) is 0 Å². The summed E-state index contributed by atoms with van der Waals surface area (Å²) in [6, 6.07) is 13.2. The van der Waals surface area contributed by atoms with Crippen LogP contribution in [0.3, 0.4) is 0 Å². The van der Waals surface area contributed by atoms with Gasteiger partial charge in [0.2, 0.25) is 0 Å². The van der Waals surface area contributed by atoms with Gasteiger partial charge in [0.15, 0.2) is 0 Å². The second kappa shape index (κ2) is 6.24. The monoisotopic (exact) mass is 388 g/mol. The molecule has 29 heavy (non-hydrogen) atoms. The highest BCUT2D eigenvalue weighted by atomic mass is 16.7. The summed E-state index contributed by atoms with van der Waals surface area (Å²) in [5, 5.41) is 12.7. The lowest BCUT2D eigenvalue weighted by Gasteiger charge is -2.28. The van der Waals surface area contributed by atoms with Gasteiger partial charge in [0.25, 0.3) is 0 Å². The van der Waals surface area contributed by atoms with Crippen molar-refractivity contribution in [3.8, 4) is 17.2 Å². The van der Waals surface area contributed by atoms with Crippen LogP contribution in [0.15, 0.2) is 42.5 Å². The van der Waals surface area contributed by atoms with E-state index in [9.17, 15) is 9.90 Å². The second-order valence-corrected chi connectivity index (χ2v) is 8.68. The van der Waals surface area contributed by atoms with Crippen LogP contribution < -0.4 is 9.47 Å². The smallest absolute Gasteiger partial charge is 0.507 e. The van der Waals surface area contributed by atoms with Gasteiger partial charge in [-0.3, -0.25) is 0 Å². The van der Waals surface area contributed by atoms with E-state index in [1.54, 1.807) is 6.07 Å². The summed E-state index contributed by atoms with van der Waals surface area (Å²) >= 11 is 0. The summed E-state index contributed by atoms with van der Waals surface area (Å²) in [5.41, 5.74) is 3.70. The first-order valence-corrected chi connectivity index (χ1v) is 10.1. The van der Waals surface area contributed by atoms with Crippen LogP contribution in [0.1, 0.15) is 54.4 Å². The molecule has 0 aromatic heterocycles. The van der Waals surface area contributed by atoms with Gasteiger partial charge in [0.1, 0.15) is 17.2 Å². The number of para-hydroxylation sites is 1. The molecular formula is C25H24O4. The van der Waals surface area contributed by atoms with Crippen molar-refractivity contribution in [3.05, 3.63) is 64.7 Å². The van der Waals surface area contributed by atoms with Crippen molar-refractivity contribution in [2.75, 3.05) is 0 Å². The topological polar surface area (TPSA) is 55.8 Å². The number of benzene rings is 3. The molecule has 148 valence electrons. The molecule has 1 saturated carbocycles. The van der Waals surface area contributed by atoms with Crippen LogP contribution >= 0.6 is 0 Å². The number of ether oxygens (including phenoxy) is 2. The fraction of sp³-hybridized carbons (Fsp3) is 0.320. The number of hydrogen-bond acceptors (Lipinski definition) is 4. The molecule has 0 spiro atoms. The van der Waals surface area contributed by atoms with E-state index >= 15 is 0 Å². The number of carbonyl (C=O) groups excluding carboxylic acids is 1. The minimum atomic E-state index is -0.746. The van der Waals surface area contributed by atoms with Gasteiger partial charge in [-0.1, -0.05) is 43.3 Å². The number of aryl methyl sites for hydroxylation is 2. The van der Waals surface area contributed by atoms with Gasteiger partial charge >= 0.3 is 6.16 Å². The lowest BCUT2D eigenvalue weighted by molar-refractivity contribution is 0.151. The predicted molar refractivity (Wildman–Crippen MR) is 112 cm³/mol. The van der Waals surface area contributed by atoms with Crippen LogP contribution in [-0.2, 0) is 5.41 Å². The molecule has 0 saturated heterocycles. The quantitative estimate of drug-likeness (QED) is 0.415. The molecule has 2 unspecified atom stereocenters. The van der Waals surface area contributed by atoms with Crippen molar-refractivity contribution < 1.29 is 19.4 Å². The number of carbonyl (C=O) groups is 1. The minimum Gasteiger partial charge on any atom is -0.507 e. The number of phenolic OH excluding ortho intramolecular Hbond substituents is 1. The Bertz CT molecular complexity index is 1160. The molecule has 2 bridgehead atoms. The lowest BCUT2D eigenvalue weighted by atomic mass is 9.78. The number of fused-ring (bicyclic) bond motifs is 6. The molecule has 1 fully saturated rings. The first-order chi connectivity index (χ1) is 13.9. The summed E-state index contributed by atoms with van der Waals surface area (Å²) in [5.74, 6) is 1.68. The molecular weight excluding hydrogens is 364 g/mol. The van der Waals surface area contributed by atoms with Crippen LogP contribution in [0.4, 0.5) is 4.79 Å². The highest BCUT2D eigenvalue weighted by Crippen LogP contribution is 2.63. The van der Waals surface area contributed by atoms with E-state index < -0.39 is 6.16 Å². The standard InChI is InChI=1S/C25H24O4/c1-14-7-4-5-10-18(14)28-24(27)29-23-19-15(2)8-6-9-17(19)22(26)21-20(23)16-11-12-25(21,3)13-16/h4-10,16,26H,11-13H2,1-3H3. The maximum Gasteiger partial charge on any atom is 0.519 e. The van der Waals surface area contributed by atoms with Crippen molar-refractivity contribution in [2.24, 2.45) is 0 Å². The van der Waals surface area contributed by atoms with Gasteiger partial charge in [-0.15, -0.1) is 0 Å². The lowest BCUT2D eigenvalue weighted by Crippen LogP contribution is -2.19. The summed E-state index contributed by atoms with van der Waals surface area (Å²) < 4.78 is 11.4. The van der Waals surface area contributed by atoms with Crippen LogP contribution in [0.5, 0.6) is 17.2 Å². The average molecular weight is 388 g/mol. The molecule has 2 aliphatic carbocycles. The number of hydrogen-bond donors (Lipinski definition) is 1. The third kappa shape index (κ3) is 2.62. The summed E-state index contributed by atoms with van der Waals surface area (Å²) in [6.07, 6.45) is 2.32. The molecule has 3 aromatic carbocycles. The van der Waals surface area contributed by atoms with Crippen LogP contribution in [0.2, 0.25) is 0 Å². The first-order valence-electron chi connectivity index (χ1n) is 10.1. The number of rotatable bonds is 2. The molecule has 5 rings (SSSR count). The molecule has 4 nitrogen and oxygen atoms in total. The van der Waals surface area contributed by atoms with Gasteiger partial charge in [0.05, 0.1) is 0 Å². The molecule has 0 aliphatic heterocycles. The Hall–Kier alpha value is -3.01. The highest BCUT2D eigenvalue weighted by molar-refractivity contribution is 6.00. The largest absolute Gasteiger partial charge is 0.519 e. The SMILES string of the molecule is Cc1ccccc1OC(=O)Oc1c2c(c(O)c3cccc(C)c13)C1(C)CCC2C1.